The van der Waals surface area contributed by atoms with Crippen LogP contribution in [-0.4, -0.2) is 18.7 Å². The molecule has 1 fully saturated rings. The maximum absolute atomic E-state index is 12.2. The lowest BCUT2D eigenvalue weighted by Gasteiger charge is -2.31. The highest BCUT2D eigenvalue weighted by atomic mass is 16.5. The van der Waals surface area contributed by atoms with Crippen LogP contribution in [0.5, 0.6) is 5.75 Å². The van der Waals surface area contributed by atoms with Crippen LogP contribution in [0.3, 0.4) is 0 Å². The third kappa shape index (κ3) is 3.90. The van der Waals surface area contributed by atoms with Gasteiger partial charge in [-0.1, -0.05) is 13.8 Å². The van der Waals surface area contributed by atoms with Gasteiger partial charge in [0.25, 0.3) is 0 Å². The highest BCUT2D eigenvalue weighted by Gasteiger charge is 2.27. The Bertz CT molecular complexity index is 501. The summed E-state index contributed by atoms with van der Waals surface area (Å²) in [6.45, 7) is 6.92. The van der Waals surface area contributed by atoms with Crippen LogP contribution in [0.25, 0.3) is 0 Å². The molecular formula is C17H25NO3. The number of nitrogen functional groups attached to an aromatic ring is 1. The van der Waals surface area contributed by atoms with Crippen LogP contribution in [0.4, 0.5) is 5.69 Å². The monoisotopic (exact) mass is 291 g/mol. The van der Waals surface area contributed by atoms with Gasteiger partial charge in [0.05, 0.1) is 17.9 Å². The van der Waals surface area contributed by atoms with E-state index in [0.717, 1.165) is 19.3 Å². The second-order valence-electron chi connectivity index (χ2n) is 5.98. The molecule has 1 aliphatic carbocycles. The number of hydrogen-bond donors (Lipinski definition) is 1. The lowest BCUT2D eigenvalue weighted by atomic mass is 9.80. The first-order valence-electron chi connectivity index (χ1n) is 7.74. The minimum absolute atomic E-state index is 0.0245. The SMILES string of the molecule is CCOc1ccc(C(=O)OC2CCC(C)C(C)C2)cc1N. The number of benzene rings is 1. The fourth-order valence-electron chi connectivity index (χ4n) is 2.79. The van der Waals surface area contributed by atoms with Crippen LogP contribution in [0.2, 0.25) is 0 Å². The molecule has 0 aliphatic heterocycles. The number of ether oxygens (including phenoxy) is 2. The minimum Gasteiger partial charge on any atom is -0.492 e. The van der Waals surface area contributed by atoms with Crippen LogP contribution in [-0.2, 0) is 4.74 Å². The first-order valence-corrected chi connectivity index (χ1v) is 7.74. The second-order valence-corrected chi connectivity index (χ2v) is 5.98. The molecule has 0 saturated heterocycles. The lowest BCUT2D eigenvalue weighted by molar-refractivity contribution is 0.00879. The van der Waals surface area contributed by atoms with Gasteiger partial charge in [-0.2, -0.15) is 0 Å². The molecule has 116 valence electrons. The Balaban J connectivity index is 1.99. The van der Waals surface area contributed by atoms with Crippen molar-refractivity contribution >= 4 is 11.7 Å². The Labute approximate surface area is 126 Å². The number of anilines is 1. The summed E-state index contributed by atoms with van der Waals surface area (Å²) in [5, 5.41) is 0. The Kier molecular flexibility index (Phi) is 5.10. The van der Waals surface area contributed by atoms with Gasteiger partial charge >= 0.3 is 5.97 Å². The molecule has 0 spiro atoms. The van der Waals surface area contributed by atoms with Crippen LogP contribution in [0.15, 0.2) is 18.2 Å². The summed E-state index contributed by atoms with van der Waals surface area (Å²) in [4.78, 5) is 12.2. The zero-order valence-corrected chi connectivity index (χ0v) is 13.1. The molecule has 4 nitrogen and oxygen atoms in total. The van der Waals surface area contributed by atoms with Crippen molar-refractivity contribution in [3.05, 3.63) is 23.8 Å². The number of carbonyl (C=O) groups excluding carboxylic acids is 1. The van der Waals surface area contributed by atoms with E-state index in [4.69, 9.17) is 15.2 Å². The first-order chi connectivity index (χ1) is 10.0. The van der Waals surface area contributed by atoms with Crippen molar-refractivity contribution in [2.45, 2.75) is 46.1 Å². The molecule has 0 heterocycles. The molecule has 0 amide bonds. The predicted octanol–water partition coefficient (Wildman–Crippen LogP) is 3.65. The molecule has 0 bridgehead atoms. The predicted molar refractivity (Wildman–Crippen MR) is 83.4 cm³/mol. The summed E-state index contributed by atoms with van der Waals surface area (Å²) in [5.74, 6) is 1.62. The standard InChI is InChI=1S/C17H25NO3/c1-4-20-16-8-6-13(10-15(16)18)17(19)21-14-7-5-11(2)12(3)9-14/h6,8,10-12,14H,4-5,7,9,18H2,1-3H3. The van der Waals surface area contributed by atoms with Crippen LogP contribution in [0, 0.1) is 11.8 Å². The summed E-state index contributed by atoms with van der Waals surface area (Å²) in [6.07, 6.45) is 3.03. The molecule has 2 rings (SSSR count). The van der Waals surface area contributed by atoms with Crippen molar-refractivity contribution in [3.63, 3.8) is 0 Å². The summed E-state index contributed by atoms with van der Waals surface area (Å²) in [7, 11) is 0. The molecule has 0 aromatic heterocycles. The van der Waals surface area contributed by atoms with Gasteiger partial charge in [-0.25, -0.2) is 4.79 Å². The van der Waals surface area contributed by atoms with E-state index in [9.17, 15) is 4.79 Å². The smallest absolute Gasteiger partial charge is 0.338 e. The van der Waals surface area contributed by atoms with Gasteiger partial charge in [-0.15, -0.1) is 0 Å². The average molecular weight is 291 g/mol. The maximum atomic E-state index is 12.2. The van der Waals surface area contributed by atoms with Gasteiger partial charge in [-0.05, 0) is 56.2 Å². The highest BCUT2D eigenvalue weighted by molar-refractivity contribution is 5.91. The van der Waals surface area contributed by atoms with Crippen molar-refractivity contribution in [1.82, 2.24) is 0 Å². The largest absolute Gasteiger partial charge is 0.492 e. The molecule has 21 heavy (non-hydrogen) atoms. The molecule has 2 N–H and O–H groups in total. The van der Waals surface area contributed by atoms with E-state index >= 15 is 0 Å². The average Bonchev–Trinajstić information content (AvgIpc) is 2.45. The molecule has 1 aliphatic rings. The Morgan fingerprint density at radius 3 is 2.67 bits per heavy atom. The normalized spacial score (nSPS) is 25.4. The number of carbonyl (C=O) groups is 1. The number of nitrogens with two attached hydrogens (primary N) is 1. The fraction of sp³-hybridized carbons (Fsp3) is 0.588. The van der Waals surface area contributed by atoms with E-state index in [1.807, 2.05) is 6.92 Å². The quantitative estimate of drug-likeness (QED) is 0.679. The van der Waals surface area contributed by atoms with Gasteiger partial charge in [-0.3, -0.25) is 0 Å². The summed E-state index contributed by atoms with van der Waals surface area (Å²) >= 11 is 0. The van der Waals surface area contributed by atoms with Crippen LogP contribution in [0.1, 0.15) is 50.4 Å². The van der Waals surface area contributed by atoms with E-state index in [1.165, 1.54) is 0 Å². The first kappa shape index (κ1) is 15.7. The zero-order chi connectivity index (χ0) is 15.4. The zero-order valence-electron chi connectivity index (χ0n) is 13.1. The van der Waals surface area contributed by atoms with E-state index in [2.05, 4.69) is 13.8 Å². The summed E-state index contributed by atoms with van der Waals surface area (Å²) in [5.41, 5.74) is 6.84. The minimum atomic E-state index is -0.295. The van der Waals surface area contributed by atoms with Gasteiger partial charge in [0.1, 0.15) is 11.9 Å². The highest BCUT2D eigenvalue weighted by Crippen LogP contribution is 2.31. The second kappa shape index (κ2) is 6.83. The molecule has 4 heteroatoms. The molecular weight excluding hydrogens is 266 g/mol. The van der Waals surface area contributed by atoms with Crippen molar-refractivity contribution in [2.24, 2.45) is 11.8 Å². The van der Waals surface area contributed by atoms with E-state index in [-0.39, 0.29) is 12.1 Å². The van der Waals surface area contributed by atoms with Crippen molar-refractivity contribution in [1.29, 1.82) is 0 Å². The summed E-state index contributed by atoms with van der Waals surface area (Å²) < 4.78 is 11.0. The number of rotatable bonds is 4. The van der Waals surface area contributed by atoms with E-state index in [0.29, 0.717) is 35.4 Å². The molecule has 1 aromatic carbocycles. The Morgan fingerprint density at radius 1 is 1.29 bits per heavy atom. The van der Waals surface area contributed by atoms with Gasteiger partial charge in [0.2, 0.25) is 0 Å². The Morgan fingerprint density at radius 2 is 2.05 bits per heavy atom. The number of esters is 1. The summed E-state index contributed by atoms with van der Waals surface area (Å²) in [6, 6.07) is 5.06. The number of hydrogen-bond acceptors (Lipinski definition) is 4. The van der Waals surface area contributed by atoms with Crippen LogP contribution >= 0.6 is 0 Å². The van der Waals surface area contributed by atoms with Gasteiger partial charge in [0.15, 0.2) is 0 Å². The van der Waals surface area contributed by atoms with E-state index < -0.39 is 0 Å². The lowest BCUT2D eigenvalue weighted by Crippen LogP contribution is -2.28. The van der Waals surface area contributed by atoms with Gasteiger partial charge < -0.3 is 15.2 Å². The molecule has 3 atom stereocenters. The van der Waals surface area contributed by atoms with E-state index in [1.54, 1.807) is 18.2 Å². The maximum Gasteiger partial charge on any atom is 0.338 e. The molecule has 1 aromatic rings. The Hall–Kier alpha value is -1.71. The van der Waals surface area contributed by atoms with Crippen molar-refractivity contribution < 1.29 is 14.3 Å². The topological polar surface area (TPSA) is 61.5 Å². The third-order valence-electron chi connectivity index (χ3n) is 4.37. The molecule has 3 unspecified atom stereocenters. The van der Waals surface area contributed by atoms with Gasteiger partial charge in [0, 0.05) is 0 Å². The van der Waals surface area contributed by atoms with Crippen LogP contribution < -0.4 is 10.5 Å². The van der Waals surface area contributed by atoms with Crippen molar-refractivity contribution in [3.8, 4) is 5.75 Å². The third-order valence-corrected chi connectivity index (χ3v) is 4.37. The fourth-order valence-corrected chi connectivity index (χ4v) is 2.79. The molecule has 1 saturated carbocycles. The molecule has 0 radical (unpaired) electrons. The van der Waals surface area contributed by atoms with Crippen molar-refractivity contribution in [2.75, 3.05) is 12.3 Å².